The van der Waals surface area contributed by atoms with Gasteiger partial charge in [-0.1, -0.05) is 18.2 Å². The van der Waals surface area contributed by atoms with Crippen molar-refractivity contribution in [3.8, 4) is 5.75 Å². The second-order valence-electron chi connectivity index (χ2n) is 5.49. The molecule has 3 rings (SSSR count). The summed E-state index contributed by atoms with van der Waals surface area (Å²) in [5, 5.41) is 12.2. The van der Waals surface area contributed by atoms with Crippen LogP contribution in [0.2, 0.25) is 0 Å². The molecule has 3 aromatic rings. The largest absolute Gasteiger partial charge is 0.496 e. The van der Waals surface area contributed by atoms with E-state index in [4.69, 9.17) is 4.74 Å². The first-order valence-corrected chi connectivity index (χ1v) is 7.72. The number of benzene rings is 1. The molecule has 126 valence electrons. The molecule has 0 aliphatic rings. The Balaban J connectivity index is 1.83. The maximum absolute atomic E-state index is 12.1. The van der Waals surface area contributed by atoms with Crippen LogP contribution in [0.25, 0.3) is 5.65 Å². The molecule has 0 saturated heterocycles. The molecule has 0 amide bonds. The molecule has 0 aliphatic heterocycles. The summed E-state index contributed by atoms with van der Waals surface area (Å²) in [6.45, 7) is 1.57. The lowest BCUT2D eigenvalue weighted by atomic mass is 10.2. The summed E-state index contributed by atoms with van der Waals surface area (Å²) in [6.07, 6.45) is 1.67. The number of aromatic nitrogens is 3. The standard InChI is InChI=1S/C17H20N4O3/c1-24-15-5-3-2-4-13(15)11-20(8-9-22)12-14-10-17(23)21-16(19-14)6-7-18-21/h2-7,10,18,22H,8-9,11-12H2,1H3. The maximum Gasteiger partial charge on any atom is 0.272 e. The van der Waals surface area contributed by atoms with E-state index in [1.54, 1.807) is 19.4 Å². The van der Waals surface area contributed by atoms with Crippen LogP contribution >= 0.6 is 0 Å². The van der Waals surface area contributed by atoms with Crippen LogP contribution < -0.4 is 10.3 Å². The number of hydrogen-bond donors (Lipinski definition) is 2. The van der Waals surface area contributed by atoms with Crippen LogP contribution in [0.3, 0.4) is 0 Å². The van der Waals surface area contributed by atoms with Crippen molar-refractivity contribution in [1.29, 1.82) is 0 Å². The van der Waals surface area contributed by atoms with Gasteiger partial charge in [0, 0.05) is 43.5 Å². The van der Waals surface area contributed by atoms with Crippen LogP contribution in [-0.2, 0) is 13.1 Å². The van der Waals surface area contributed by atoms with E-state index in [1.165, 1.54) is 10.6 Å². The van der Waals surface area contributed by atoms with Gasteiger partial charge in [-0.25, -0.2) is 9.50 Å². The van der Waals surface area contributed by atoms with Gasteiger partial charge in [-0.2, -0.15) is 0 Å². The maximum atomic E-state index is 12.1. The zero-order valence-corrected chi connectivity index (χ0v) is 13.5. The predicted octanol–water partition coefficient (Wildman–Crippen LogP) is 1.03. The van der Waals surface area contributed by atoms with E-state index in [0.29, 0.717) is 31.0 Å². The van der Waals surface area contributed by atoms with Crippen LogP contribution in [0.4, 0.5) is 0 Å². The Morgan fingerprint density at radius 2 is 2.12 bits per heavy atom. The molecule has 0 fully saturated rings. The smallest absolute Gasteiger partial charge is 0.272 e. The molecule has 0 bridgehead atoms. The number of aliphatic hydroxyl groups is 1. The number of aromatic amines is 1. The van der Waals surface area contributed by atoms with Gasteiger partial charge in [0.1, 0.15) is 5.75 Å². The number of methoxy groups -OCH3 is 1. The molecular formula is C17H20N4O3. The molecule has 0 atom stereocenters. The van der Waals surface area contributed by atoms with Gasteiger partial charge in [-0.3, -0.25) is 14.8 Å². The third-order valence-corrected chi connectivity index (χ3v) is 3.82. The van der Waals surface area contributed by atoms with Gasteiger partial charge in [-0.15, -0.1) is 0 Å². The number of para-hydroxylation sites is 1. The molecule has 2 heterocycles. The van der Waals surface area contributed by atoms with Gasteiger partial charge in [-0.05, 0) is 6.07 Å². The molecule has 0 unspecified atom stereocenters. The topological polar surface area (TPSA) is 82.9 Å². The normalized spacial score (nSPS) is 11.3. The van der Waals surface area contributed by atoms with Crippen LogP contribution in [0.15, 0.2) is 47.4 Å². The zero-order valence-electron chi connectivity index (χ0n) is 13.5. The van der Waals surface area contributed by atoms with E-state index in [2.05, 4.69) is 10.1 Å². The fourth-order valence-corrected chi connectivity index (χ4v) is 2.72. The highest BCUT2D eigenvalue weighted by Crippen LogP contribution is 2.19. The SMILES string of the molecule is COc1ccccc1CN(CCO)Cc1cc(=O)n2[nH]ccc2n1. The van der Waals surface area contributed by atoms with Crippen molar-refractivity contribution in [1.82, 2.24) is 19.5 Å². The van der Waals surface area contributed by atoms with E-state index in [0.717, 1.165) is 11.3 Å². The van der Waals surface area contributed by atoms with Crippen LogP contribution in [0.1, 0.15) is 11.3 Å². The summed E-state index contributed by atoms with van der Waals surface area (Å²) in [5.74, 6) is 0.801. The molecule has 0 radical (unpaired) electrons. The zero-order chi connectivity index (χ0) is 16.9. The minimum absolute atomic E-state index is 0.0283. The second-order valence-corrected chi connectivity index (χ2v) is 5.49. The van der Waals surface area contributed by atoms with Gasteiger partial charge in [0.05, 0.1) is 19.4 Å². The van der Waals surface area contributed by atoms with Crippen molar-refractivity contribution >= 4 is 5.65 Å². The first-order valence-electron chi connectivity index (χ1n) is 7.72. The van der Waals surface area contributed by atoms with Crippen LogP contribution in [0.5, 0.6) is 5.75 Å². The first kappa shape index (κ1) is 16.2. The van der Waals surface area contributed by atoms with Gasteiger partial charge >= 0.3 is 0 Å². The number of hydrogen-bond acceptors (Lipinski definition) is 5. The summed E-state index contributed by atoms with van der Waals surface area (Å²) >= 11 is 0. The molecule has 24 heavy (non-hydrogen) atoms. The quantitative estimate of drug-likeness (QED) is 0.677. The Morgan fingerprint density at radius 3 is 2.92 bits per heavy atom. The third kappa shape index (κ3) is 3.47. The van der Waals surface area contributed by atoms with Crippen molar-refractivity contribution in [3.63, 3.8) is 0 Å². The Kier molecular flexibility index (Phi) is 4.93. The van der Waals surface area contributed by atoms with Gasteiger partial charge < -0.3 is 9.84 Å². The highest BCUT2D eigenvalue weighted by molar-refractivity contribution is 5.36. The number of nitrogens with one attached hydrogen (secondary N) is 1. The fourth-order valence-electron chi connectivity index (χ4n) is 2.72. The predicted molar refractivity (Wildman–Crippen MR) is 90.0 cm³/mol. The van der Waals surface area contributed by atoms with E-state index < -0.39 is 0 Å². The Hall–Kier alpha value is -2.64. The molecule has 0 saturated carbocycles. The van der Waals surface area contributed by atoms with Crippen molar-refractivity contribution in [2.45, 2.75) is 13.1 Å². The average molecular weight is 328 g/mol. The number of nitrogens with zero attached hydrogens (tertiary/aromatic N) is 3. The van der Waals surface area contributed by atoms with E-state index in [-0.39, 0.29) is 12.2 Å². The number of aliphatic hydroxyl groups excluding tert-OH is 1. The highest BCUT2D eigenvalue weighted by atomic mass is 16.5. The van der Waals surface area contributed by atoms with Crippen LogP contribution in [0, 0.1) is 0 Å². The van der Waals surface area contributed by atoms with Gasteiger partial charge in [0.15, 0.2) is 5.65 Å². The molecule has 0 aliphatic carbocycles. The lowest BCUT2D eigenvalue weighted by Crippen LogP contribution is -2.28. The molecule has 1 aromatic carbocycles. The Morgan fingerprint density at radius 1 is 1.29 bits per heavy atom. The van der Waals surface area contributed by atoms with Gasteiger partial charge in [0.2, 0.25) is 0 Å². The average Bonchev–Trinajstić information content (AvgIpc) is 3.04. The monoisotopic (exact) mass is 328 g/mol. The minimum atomic E-state index is -0.152. The lowest BCUT2D eigenvalue weighted by Gasteiger charge is -2.22. The molecule has 7 heteroatoms. The number of rotatable bonds is 7. The summed E-state index contributed by atoms with van der Waals surface area (Å²) in [7, 11) is 1.64. The highest BCUT2D eigenvalue weighted by Gasteiger charge is 2.12. The number of H-pyrrole nitrogens is 1. The summed E-state index contributed by atoms with van der Waals surface area (Å²) in [6, 6.07) is 11.0. The molecule has 2 N–H and O–H groups in total. The molecule has 2 aromatic heterocycles. The van der Waals surface area contributed by atoms with Crippen molar-refractivity contribution in [2.75, 3.05) is 20.3 Å². The molecular weight excluding hydrogens is 308 g/mol. The minimum Gasteiger partial charge on any atom is -0.496 e. The Bertz CT molecular complexity index is 871. The molecule has 7 nitrogen and oxygen atoms in total. The summed E-state index contributed by atoms with van der Waals surface area (Å²) in [5.41, 5.74) is 2.12. The van der Waals surface area contributed by atoms with E-state index >= 15 is 0 Å². The first-order chi connectivity index (χ1) is 11.7. The van der Waals surface area contributed by atoms with Crippen LogP contribution in [-0.4, -0.2) is 44.9 Å². The number of fused-ring (bicyclic) bond motifs is 1. The Labute approximate surface area is 139 Å². The van der Waals surface area contributed by atoms with Crippen molar-refractivity contribution in [3.05, 3.63) is 64.2 Å². The summed E-state index contributed by atoms with van der Waals surface area (Å²) in [4.78, 5) is 18.6. The number of ether oxygens (including phenoxy) is 1. The fraction of sp³-hybridized carbons (Fsp3) is 0.294. The van der Waals surface area contributed by atoms with Crippen molar-refractivity contribution in [2.24, 2.45) is 0 Å². The van der Waals surface area contributed by atoms with Gasteiger partial charge in [0.25, 0.3) is 5.56 Å². The van der Waals surface area contributed by atoms with E-state index in [1.807, 2.05) is 29.2 Å². The molecule has 0 spiro atoms. The van der Waals surface area contributed by atoms with E-state index in [9.17, 15) is 9.90 Å². The van der Waals surface area contributed by atoms with Crippen molar-refractivity contribution < 1.29 is 9.84 Å². The third-order valence-electron chi connectivity index (χ3n) is 3.82. The summed E-state index contributed by atoms with van der Waals surface area (Å²) < 4.78 is 6.77. The lowest BCUT2D eigenvalue weighted by molar-refractivity contribution is 0.181. The second kappa shape index (κ2) is 7.29.